The molecule has 2 N–H and O–H groups in total. The quantitative estimate of drug-likeness (QED) is 0.291. The highest BCUT2D eigenvalue weighted by atomic mass is 16.5. The van der Waals surface area contributed by atoms with Crippen LogP contribution in [0.5, 0.6) is 0 Å². The van der Waals surface area contributed by atoms with Crippen molar-refractivity contribution in [3.63, 3.8) is 0 Å². The Hall–Kier alpha value is -1.63. The third kappa shape index (κ3) is 8.95. The van der Waals surface area contributed by atoms with E-state index in [2.05, 4.69) is 5.32 Å². The van der Waals surface area contributed by atoms with Crippen LogP contribution in [-0.2, 0) is 19.1 Å². The summed E-state index contributed by atoms with van der Waals surface area (Å²) in [6.07, 6.45) is 0.547. The van der Waals surface area contributed by atoms with Gasteiger partial charge in [0.15, 0.2) is 0 Å². The lowest BCUT2D eigenvalue weighted by Crippen LogP contribution is -2.37. The molecule has 1 amide bonds. The molecule has 0 aliphatic carbocycles. The van der Waals surface area contributed by atoms with E-state index in [1.54, 1.807) is 4.90 Å². The molecule has 0 atom stereocenters. The first-order chi connectivity index (χ1) is 7.56. The maximum Gasteiger partial charge on any atom is 0.317 e. The number of carbonyl (C=O) groups excluding carboxylic acids is 2. The number of carbonyl (C=O) groups is 3. The van der Waals surface area contributed by atoms with Crippen LogP contribution < -0.4 is 5.32 Å². The molecule has 7 nitrogen and oxygen atoms in total. The molecule has 92 valence electrons. The largest absolute Gasteiger partial charge is 0.480 e. The fourth-order valence-electron chi connectivity index (χ4n) is 1.06. The molecule has 0 bridgehead atoms. The Labute approximate surface area is 93.4 Å². The molecule has 0 heterocycles. The number of aliphatic carboxylic acids is 1. The molecule has 0 radical (unpaired) electrons. The predicted molar refractivity (Wildman–Crippen MR) is 54.8 cm³/mol. The molecule has 0 rings (SSSR count). The Morgan fingerprint density at radius 2 is 2.12 bits per heavy atom. The van der Waals surface area contributed by atoms with Crippen molar-refractivity contribution in [1.29, 1.82) is 0 Å². The lowest BCUT2D eigenvalue weighted by atomic mass is 10.4. The van der Waals surface area contributed by atoms with Gasteiger partial charge in [-0.05, 0) is 0 Å². The van der Waals surface area contributed by atoms with E-state index in [4.69, 9.17) is 9.84 Å². The molecular weight excluding hydrogens is 216 g/mol. The fourth-order valence-corrected chi connectivity index (χ4v) is 1.06. The van der Waals surface area contributed by atoms with E-state index in [1.807, 2.05) is 0 Å². The molecular formula is C9H16N2O5. The SMILES string of the molecule is CC(=O)OCCN(CCNC=O)CC(=O)O. The Bertz CT molecular complexity index is 244. The minimum Gasteiger partial charge on any atom is -0.480 e. The van der Waals surface area contributed by atoms with Crippen LogP contribution in [-0.4, -0.2) is 61.1 Å². The van der Waals surface area contributed by atoms with Gasteiger partial charge in [0.1, 0.15) is 6.61 Å². The molecule has 7 heteroatoms. The average Bonchev–Trinajstić information content (AvgIpc) is 2.16. The highest BCUT2D eigenvalue weighted by Gasteiger charge is 2.09. The van der Waals surface area contributed by atoms with E-state index in [9.17, 15) is 14.4 Å². The van der Waals surface area contributed by atoms with Crippen molar-refractivity contribution in [3.05, 3.63) is 0 Å². The fraction of sp³-hybridized carbons (Fsp3) is 0.667. The number of nitrogens with one attached hydrogen (secondary N) is 1. The standard InChI is InChI=1S/C9H16N2O5/c1-8(13)16-5-4-11(6-9(14)15)3-2-10-7-12/h7H,2-6H2,1H3,(H,10,12)(H,14,15). The van der Waals surface area contributed by atoms with Gasteiger partial charge in [-0.2, -0.15) is 0 Å². The second-order valence-electron chi connectivity index (χ2n) is 3.08. The van der Waals surface area contributed by atoms with Crippen LogP contribution in [0.3, 0.4) is 0 Å². The van der Waals surface area contributed by atoms with Crippen molar-refractivity contribution in [2.75, 3.05) is 32.8 Å². The van der Waals surface area contributed by atoms with E-state index >= 15 is 0 Å². The molecule has 0 spiro atoms. The van der Waals surface area contributed by atoms with Crippen molar-refractivity contribution in [2.24, 2.45) is 0 Å². The summed E-state index contributed by atoms with van der Waals surface area (Å²) in [7, 11) is 0. The van der Waals surface area contributed by atoms with Gasteiger partial charge in [-0.3, -0.25) is 19.3 Å². The average molecular weight is 232 g/mol. The van der Waals surface area contributed by atoms with Crippen molar-refractivity contribution in [1.82, 2.24) is 10.2 Å². The highest BCUT2D eigenvalue weighted by Crippen LogP contribution is 1.88. The molecule has 0 aromatic rings. The van der Waals surface area contributed by atoms with Crippen LogP contribution in [0.15, 0.2) is 0 Å². The van der Waals surface area contributed by atoms with E-state index in [0.717, 1.165) is 0 Å². The third-order valence-corrected chi connectivity index (χ3v) is 1.73. The first-order valence-corrected chi connectivity index (χ1v) is 4.80. The molecule has 0 aliphatic heterocycles. The van der Waals surface area contributed by atoms with Crippen molar-refractivity contribution >= 4 is 18.3 Å². The summed E-state index contributed by atoms with van der Waals surface area (Å²) in [6, 6.07) is 0. The lowest BCUT2D eigenvalue weighted by molar-refractivity contribution is -0.141. The molecule has 0 unspecified atom stereocenters. The summed E-state index contributed by atoms with van der Waals surface area (Å²) in [6.45, 7) is 2.36. The second-order valence-corrected chi connectivity index (χ2v) is 3.08. The van der Waals surface area contributed by atoms with Crippen LogP contribution in [0.2, 0.25) is 0 Å². The summed E-state index contributed by atoms with van der Waals surface area (Å²) in [4.78, 5) is 32.6. The monoisotopic (exact) mass is 232 g/mol. The molecule has 0 aliphatic rings. The number of hydrogen-bond donors (Lipinski definition) is 2. The van der Waals surface area contributed by atoms with Crippen LogP contribution in [0.4, 0.5) is 0 Å². The maximum absolute atomic E-state index is 10.5. The van der Waals surface area contributed by atoms with Gasteiger partial charge in [0.25, 0.3) is 0 Å². The van der Waals surface area contributed by atoms with Crippen molar-refractivity contribution < 1.29 is 24.2 Å². The predicted octanol–water partition coefficient (Wildman–Crippen LogP) is -1.32. The summed E-state index contributed by atoms with van der Waals surface area (Å²) in [5.74, 6) is -1.37. The summed E-state index contributed by atoms with van der Waals surface area (Å²) >= 11 is 0. The Morgan fingerprint density at radius 1 is 1.44 bits per heavy atom. The van der Waals surface area contributed by atoms with Crippen LogP contribution in [0.1, 0.15) is 6.92 Å². The summed E-state index contributed by atoms with van der Waals surface area (Å²) in [5.41, 5.74) is 0. The number of rotatable bonds is 9. The Balaban J connectivity index is 3.84. The summed E-state index contributed by atoms with van der Waals surface area (Å²) in [5, 5.41) is 11.0. The van der Waals surface area contributed by atoms with Crippen molar-refractivity contribution in [3.8, 4) is 0 Å². The number of nitrogens with zero attached hydrogens (tertiary/aromatic N) is 1. The smallest absolute Gasteiger partial charge is 0.317 e. The first-order valence-electron chi connectivity index (χ1n) is 4.80. The van der Waals surface area contributed by atoms with Gasteiger partial charge in [0, 0.05) is 26.6 Å². The maximum atomic E-state index is 10.5. The van der Waals surface area contributed by atoms with Gasteiger partial charge in [0.2, 0.25) is 6.41 Å². The third-order valence-electron chi connectivity index (χ3n) is 1.73. The van der Waals surface area contributed by atoms with Gasteiger partial charge in [-0.15, -0.1) is 0 Å². The number of carboxylic acids is 1. The van der Waals surface area contributed by atoms with Gasteiger partial charge < -0.3 is 15.2 Å². The Kier molecular flexibility index (Phi) is 7.78. The zero-order valence-electron chi connectivity index (χ0n) is 9.14. The van der Waals surface area contributed by atoms with E-state index in [-0.39, 0.29) is 13.2 Å². The number of ether oxygens (including phenoxy) is 1. The molecule has 0 aromatic carbocycles. The minimum atomic E-state index is -0.964. The van der Waals surface area contributed by atoms with Gasteiger partial charge in [0.05, 0.1) is 6.54 Å². The number of carboxylic acid groups (broad SMARTS) is 1. The number of esters is 1. The summed E-state index contributed by atoms with van der Waals surface area (Å²) < 4.78 is 4.70. The van der Waals surface area contributed by atoms with Crippen molar-refractivity contribution in [2.45, 2.75) is 6.92 Å². The van der Waals surface area contributed by atoms with Gasteiger partial charge in [-0.25, -0.2) is 0 Å². The molecule has 0 saturated carbocycles. The van der Waals surface area contributed by atoms with Gasteiger partial charge >= 0.3 is 11.9 Å². The highest BCUT2D eigenvalue weighted by molar-refractivity contribution is 5.69. The number of amides is 1. The van der Waals surface area contributed by atoms with Crippen LogP contribution in [0, 0.1) is 0 Å². The minimum absolute atomic E-state index is 0.143. The zero-order chi connectivity index (χ0) is 12.4. The van der Waals surface area contributed by atoms with Gasteiger partial charge in [-0.1, -0.05) is 0 Å². The molecule has 0 aromatic heterocycles. The Morgan fingerprint density at radius 3 is 2.62 bits per heavy atom. The van der Waals surface area contributed by atoms with E-state index in [0.29, 0.717) is 26.0 Å². The van der Waals surface area contributed by atoms with Crippen LogP contribution >= 0.6 is 0 Å². The second kappa shape index (κ2) is 8.66. The molecule has 0 fully saturated rings. The topological polar surface area (TPSA) is 95.9 Å². The molecule has 16 heavy (non-hydrogen) atoms. The molecule has 0 saturated heterocycles. The number of hydrogen-bond acceptors (Lipinski definition) is 5. The van der Waals surface area contributed by atoms with Crippen LogP contribution in [0.25, 0.3) is 0 Å². The van der Waals surface area contributed by atoms with E-state index < -0.39 is 11.9 Å². The zero-order valence-corrected chi connectivity index (χ0v) is 9.14. The normalized spacial score (nSPS) is 9.88. The van der Waals surface area contributed by atoms with E-state index in [1.165, 1.54) is 6.92 Å². The lowest BCUT2D eigenvalue weighted by Gasteiger charge is -2.19. The first kappa shape index (κ1) is 14.4.